The molecule has 0 amide bonds. The number of nitrogens with one attached hydrogen (secondary N) is 2. The number of nitrogens with zero attached hydrogens (tertiary/aromatic N) is 2. The van der Waals surface area contributed by atoms with Crippen molar-refractivity contribution in [2.75, 3.05) is 30.9 Å². The maximum absolute atomic E-state index is 5.72. The largest absolute Gasteiger partial charge is 0.497 e. The topological polar surface area (TPSA) is 68.3 Å². The molecule has 0 aliphatic carbocycles. The van der Waals surface area contributed by atoms with Crippen molar-refractivity contribution in [2.45, 2.75) is 13.8 Å². The second kappa shape index (κ2) is 8.89. The average Bonchev–Trinajstić information content (AvgIpc) is 2.67. The van der Waals surface area contributed by atoms with Gasteiger partial charge in [-0.1, -0.05) is 17.7 Å². The van der Waals surface area contributed by atoms with Crippen LogP contribution in [-0.4, -0.2) is 30.2 Å². The van der Waals surface area contributed by atoms with Gasteiger partial charge in [-0.15, -0.1) is 0 Å². The van der Waals surface area contributed by atoms with E-state index in [4.69, 9.17) is 9.47 Å². The highest BCUT2D eigenvalue weighted by molar-refractivity contribution is 5.59. The quantitative estimate of drug-likeness (QED) is 0.580. The molecule has 0 bridgehead atoms. The molecule has 3 aromatic rings. The van der Waals surface area contributed by atoms with Gasteiger partial charge in [0.2, 0.25) is 0 Å². The summed E-state index contributed by atoms with van der Waals surface area (Å²) < 4.78 is 10.9. The molecule has 2 N–H and O–H groups in total. The summed E-state index contributed by atoms with van der Waals surface area (Å²) in [6, 6.07) is 17.6. The summed E-state index contributed by atoms with van der Waals surface area (Å²) in [6.07, 6.45) is 0. The SMILES string of the molecule is COc1ccc(OCCNc2cc(Nc3ccc(C)cc3)nc(C)n2)cc1. The smallest absolute Gasteiger partial charge is 0.136 e. The minimum Gasteiger partial charge on any atom is -0.497 e. The van der Waals surface area contributed by atoms with Crippen molar-refractivity contribution < 1.29 is 9.47 Å². The van der Waals surface area contributed by atoms with Crippen LogP contribution in [0, 0.1) is 13.8 Å². The zero-order valence-electron chi connectivity index (χ0n) is 15.8. The highest BCUT2D eigenvalue weighted by Crippen LogP contribution is 2.19. The predicted molar refractivity (Wildman–Crippen MR) is 108 cm³/mol. The van der Waals surface area contributed by atoms with Gasteiger partial charge in [0.15, 0.2) is 0 Å². The Morgan fingerprint density at radius 3 is 2.22 bits per heavy atom. The minimum absolute atomic E-state index is 0.524. The van der Waals surface area contributed by atoms with Gasteiger partial charge in [0.1, 0.15) is 35.6 Å². The van der Waals surface area contributed by atoms with Crippen LogP contribution >= 0.6 is 0 Å². The minimum atomic E-state index is 0.524. The third-order valence-electron chi connectivity index (χ3n) is 3.90. The molecule has 6 heteroatoms. The number of aromatic nitrogens is 2. The van der Waals surface area contributed by atoms with Gasteiger partial charge in [0.05, 0.1) is 13.7 Å². The molecule has 0 unspecified atom stereocenters. The standard InChI is InChI=1S/C21H24N4O2/c1-15-4-6-17(7-5-15)25-21-14-20(23-16(2)24-21)22-12-13-27-19-10-8-18(26-3)9-11-19/h4-11,14H,12-13H2,1-3H3,(H2,22,23,24,25). The summed E-state index contributed by atoms with van der Waals surface area (Å²) in [5.74, 6) is 3.83. The summed E-state index contributed by atoms with van der Waals surface area (Å²) in [5, 5.41) is 6.58. The molecule has 0 fully saturated rings. The molecule has 6 nitrogen and oxygen atoms in total. The van der Waals surface area contributed by atoms with E-state index in [0.717, 1.165) is 28.8 Å². The Balaban J connectivity index is 1.53. The second-order valence-corrected chi connectivity index (χ2v) is 6.13. The van der Waals surface area contributed by atoms with E-state index in [9.17, 15) is 0 Å². The van der Waals surface area contributed by atoms with Gasteiger partial charge in [-0.3, -0.25) is 0 Å². The Labute approximate surface area is 159 Å². The van der Waals surface area contributed by atoms with Crippen molar-refractivity contribution in [3.8, 4) is 11.5 Å². The maximum Gasteiger partial charge on any atom is 0.136 e. The van der Waals surface area contributed by atoms with Gasteiger partial charge >= 0.3 is 0 Å². The molecule has 1 aromatic heterocycles. The Hall–Kier alpha value is -3.28. The van der Waals surface area contributed by atoms with Gasteiger partial charge in [-0.2, -0.15) is 0 Å². The molecule has 0 aliphatic rings. The van der Waals surface area contributed by atoms with Crippen LogP contribution in [0.25, 0.3) is 0 Å². The fourth-order valence-corrected chi connectivity index (χ4v) is 2.53. The van der Waals surface area contributed by atoms with E-state index in [-0.39, 0.29) is 0 Å². The first-order valence-electron chi connectivity index (χ1n) is 8.82. The van der Waals surface area contributed by atoms with Crippen molar-refractivity contribution in [1.29, 1.82) is 0 Å². The molecule has 1 heterocycles. The zero-order valence-corrected chi connectivity index (χ0v) is 15.8. The fourth-order valence-electron chi connectivity index (χ4n) is 2.53. The zero-order chi connectivity index (χ0) is 19.1. The normalized spacial score (nSPS) is 10.3. The second-order valence-electron chi connectivity index (χ2n) is 6.13. The lowest BCUT2D eigenvalue weighted by molar-refractivity contribution is 0.331. The first kappa shape index (κ1) is 18.5. The van der Waals surface area contributed by atoms with Gasteiger partial charge in [0.25, 0.3) is 0 Å². The molecular weight excluding hydrogens is 340 g/mol. The lowest BCUT2D eigenvalue weighted by Crippen LogP contribution is -2.13. The van der Waals surface area contributed by atoms with Gasteiger partial charge in [0, 0.05) is 11.8 Å². The first-order valence-corrected chi connectivity index (χ1v) is 8.82. The summed E-state index contributed by atoms with van der Waals surface area (Å²) in [5.41, 5.74) is 2.21. The first-order chi connectivity index (χ1) is 13.1. The van der Waals surface area contributed by atoms with Crippen molar-refractivity contribution >= 4 is 17.3 Å². The van der Waals surface area contributed by atoms with E-state index < -0.39 is 0 Å². The highest BCUT2D eigenvalue weighted by atomic mass is 16.5. The summed E-state index contributed by atoms with van der Waals surface area (Å²) in [6.45, 7) is 5.09. The van der Waals surface area contributed by atoms with Crippen LogP contribution in [0.5, 0.6) is 11.5 Å². The molecular formula is C21H24N4O2. The third-order valence-corrected chi connectivity index (χ3v) is 3.90. The summed E-state index contributed by atoms with van der Waals surface area (Å²) in [7, 11) is 1.64. The van der Waals surface area contributed by atoms with Crippen molar-refractivity contribution in [1.82, 2.24) is 9.97 Å². The molecule has 140 valence electrons. The molecule has 2 aromatic carbocycles. The lowest BCUT2D eigenvalue weighted by atomic mass is 10.2. The molecule has 27 heavy (non-hydrogen) atoms. The summed E-state index contributed by atoms with van der Waals surface area (Å²) >= 11 is 0. The molecule has 0 saturated heterocycles. The van der Waals surface area contributed by atoms with Crippen LogP contribution in [0.15, 0.2) is 54.6 Å². The highest BCUT2D eigenvalue weighted by Gasteiger charge is 2.03. The Morgan fingerprint density at radius 2 is 1.52 bits per heavy atom. The third kappa shape index (κ3) is 5.60. The van der Waals surface area contributed by atoms with E-state index in [1.54, 1.807) is 7.11 Å². The van der Waals surface area contributed by atoms with Crippen LogP contribution < -0.4 is 20.1 Å². The van der Waals surface area contributed by atoms with Crippen LogP contribution in [0.3, 0.4) is 0 Å². The van der Waals surface area contributed by atoms with Crippen molar-refractivity contribution in [3.05, 3.63) is 66.0 Å². The molecule has 0 saturated carbocycles. The number of benzene rings is 2. The number of hydrogen-bond acceptors (Lipinski definition) is 6. The molecule has 0 spiro atoms. The number of rotatable bonds is 8. The van der Waals surface area contributed by atoms with Gasteiger partial charge in [-0.25, -0.2) is 9.97 Å². The van der Waals surface area contributed by atoms with Crippen molar-refractivity contribution in [3.63, 3.8) is 0 Å². The number of ether oxygens (including phenoxy) is 2. The van der Waals surface area contributed by atoms with E-state index in [1.165, 1.54) is 5.56 Å². The number of methoxy groups -OCH3 is 1. The monoisotopic (exact) mass is 364 g/mol. The Morgan fingerprint density at radius 1 is 0.852 bits per heavy atom. The lowest BCUT2D eigenvalue weighted by Gasteiger charge is -2.11. The van der Waals surface area contributed by atoms with Crippen LogP contribution in [0.4, 0.5) is 17.3 Å². The maximum atomic E-state index is 5.72. The van der Waals surface area contributed by atoms with Crippen LogP contribution in [-0.2, 0) is 0 Å². The van der Waals surface area contributed by atoms with E-state index in [0.29, 0.717) is 19.0 Å². The number of hydrogen-bond donors (Lipinski definition) is 2. The van der Waals surface area contributed by atoms with Gasteiger partial charge in [-0.05, 0) is 50.2 Å². The summed E-state index contributed by atoms with van der Waals surface area (Å²) in [4.78, 5) is 8.86. The number of anilines is 3. The molecule has 0 radical (unpaired) electrons. The predicted octanol–water partition coefficient (Wildman–Crippen LogP) is 4.34. The molecule has 0 aliphatic heterocycles. The van der Waals surface area contributed by atoms with E-state index in [1.807, 2.05) is 49.4 Å². The van der Waals surface area contributed by atoms with E-state index in [2.05, 4.69) is 39.7 Å². The fraction of sp³-hybridized carbons (Fsp3) is 0.238. The average molecular weight is 364 g/mol. The van der Waals surface area contributed by atoms with Crippen LogP contribution in [0.2, 0.25) is 0 Å². The molecule has 3 rings (SSSR count). The Kier molecular flexibility index (Phi) is 6.10. The molecule has 0 atom stereocenters. The Bertz CT molecular complexity index is 864. The number of aryl methyl sites for hydroxylation is 2. The van der Waals surface area contributed by atoms with Crippen LogP contribution in [0.1, 0.15) is 11.4 Å². The van der Waals surface area contributed by atoms with Crippen molar-refractivity contribution in [2.24, 2.45) is 0 Å². The van der Waals surface area contributed by atoms with Gasteiger partial charge < -0.3 is 20.1 Å². The van der Waals surface area contributed by atoms with E-state index >= 15 is 0 Å².